The summed E-state index contributed by atoms with van der Waals surface area (Å²) in [5.74, 6) is -0.843. The molecule has 0 aromatic heterocycles. The molecule has 0 aliphatic heterocycles. The van der Waals surface area contributed by atoms with Crippen LogP contribution in [0.15, 0.2) is 24.3 Å². The molecule has 0 aromatic rings. The van der Waals surface area contributed by atoms with E-state index >= 15 is 0 Å². The van der Waals surface area contributed by atoms with Gasteiger partial charge in [0.25, 0.3) is 0 Å². The molecule has 4 N–H and O–H groups in total. The number of aliphatic hydroxyl groups excluding tert-OH is 4. The highest BCUT2D eigenvalue weighted by molar-refractivity contribution is 5.87. The Kier molecular flexibility index (Phi) is 12.0. The van der Waals surface area contributed by atoms with Gasteiger partial charge in [-0.05, 0) is 117 Å². The average molecular weight is 703 g/mol. The lowest BCUT2D eigenvalue weighted by molar-refractivity contribution is -0.277. The summed E-state index contributed by atoms with van der Waals surface area (Å²) in [5, 5.41) is 47.3. The van der Waals surface area contributed by atoms with E-state index in [4.69, 9.17) is 9.47 Å². The molecule has 4 aliphatic carbocycles. The zero-order valence-electron chi connectivity index (χ0n) is 32.9. The first-order valence-corrected chi connectivity index (χ1v) is 19.5. The molecule has 50 heavy (non-hydrogen) atoms. The first-order chi connectivity index (χ1) is 23.2. The molecule has 286 valence electrons. The van der Waals surface area contributed by atoms with Gasteiger partial charge in [0.1, 0.15) is 6.61 Å². The topological polar surface area (TPSA) is 134 Å². The summed E-state index contributed by atoms with van der Waals surface area (Å²) >= 11 is 0. The van der Waals surface area contributed by atoms with Gasteiger partial charge in [-0.15, -0.1) is 6.58 Å². The number of allylic oxidation sites excluding steroid dienone is 2. The lowest BCUT2D eigenvalue weighted by Crippen LogP contribution is -2.70. The standard InChI is InChI=1S/C42H70O8/c1-12-16-30-39(9)19-18-31(43)40(10,24-49-35(47)26(5)13-2)29(39)17-20-41(30,11)38(8)22-28-21-37(6,7)33(45)34(46)42(28,32(44)23-38)25-50-36(48)27(14-3)15-4/h12-13,27-34,43-46H,1,14-25H2,2-11H3/t28?,29?,30?,31-,32+,33-,34-,38-,39-,40+,41+,42-/m0/s1. The summed E-state index contributed by atoms with van der Waals surface area (Å²) < 4.78 is 11.9. The SMILES string of the molecule is C=CCC1[C@@]2(C)CC[C@H](O)[C@](C)(COC(=O)C(C)=CC)C2CC[C@@]1(C)[C@@]1(C)CC2CC(C)(C)[C@@H](O)[C@H](O)[C@]2(COC(=O)C(CC)CC)[C@H](O)C1. The highest BCUT2D eigenvalue weighted by Gasteiger charge is 2.70. The first kappa shape index (κ1) is 41.0. The number of aliphatic hydroxyl groups is 4. The van der Waals surface area contributed by atoms with Crippen molar-refractivity contribution in [2.75, 3.05) is 13.2 Å². The molecular weight excluding hydrogens is 632 g/mol. The smallest absolute Gasteiger partial charge is 0.333 e. The van der Waals surface area contributed by atoms with Crippen molar-refractivity contribution < 1.29 is 39.5 Å². The maximum absolute atomic E-state index is 13.2. The zero-order chi connectivity index (χ0) is 37.7. The Morgan fingerprint density at radius 3 is 2.08 bits per heavy atom. The molecule has 4 saturated carbocycles. The lowest BCUT2D eigenvalue weighted by Gasteiger charge is -2.70. The summed E-state index contributed by atoms with van der Waals surface area (Å²) in [7, 11) is 0. The van der Waals surface area contributed by atoms with E-state index in [9.17, 15) is 30.0 Å². The summed E-state index contributed by atoms with van der Waals surface area (Å²) in [4.78, 5) is 25.9. The average Bonchev–Trinajstić information content (AvgIpc) is 3.06. The summed E-state index contributed by atoms with van der Waals surface area (Å²) in [6.45, 7) is 24.8. The predicted octanol–water partition coefficient (Wildman–Crippen LogP) is 7.17. The molecule has 0 bridgehead atoms. The number of esters is 2. The van der Waals surface area contributed by atoms with Crippen LogP contribution in [0.5, 0.6) is 0 Å². The highest BCUT2D eigenvalue weighted by atomic mass is 16.5. The molecule has 0 heterocycles. The third kappa shape index (κ3) is 6.44. The second-order valence-electron chi connectivity index (χ2n) is 18.7. The third-order valence-corrected chi connectivity index (χ3v) is 15.8. The zero-order valence-corrected chi connectivity index (χ0v) is 32.9. The van der Waals surface area contributed by atoms with Gasteiger partial charge in [0, 0.05) is 11.0 Å². The van der Waals surface area contributed by atoms with Crippen molar-refractivity contribution in [3.8, 4) is 0 Å². The third-order valence-electron chi connectivity index (χ3n) is 15.8. The fraction of sp³-hybridized carbons (Fsp3) is 0.857. The summed E-state index contributed by atoms with van der Waals surface area (Å²) in [5.41, 5.74) is -2.65. The summed E-state index contributed by atoms with van der Waals surface area (Å²) in [6.07, 6.45) is 6.78. The van der Waals surface area contributed by atoms with Crippen LogP contribution in [-0.4, -0.2) is 70.0 Å². The molecule has 3 unspecified atom stereocenters. The monoisotopic (exact) mass is 703 g/mol. The van der Waals surface area contributed by atoms with Crippen LogP contribution in [0.3, 0.4) is 0 Å². The van der Waals surface area contributed by atoms with E-state index < -0.39 is 40.7 Å². The molecule has 8 nitrogen and oxygen atoms in total. The minimum Gasteiger partial charge on any atom is -0.465 e. The number of fused-ring (bicyclic) bond motifs is 2. The van der Waals surface area contributed by atoms with Gasteiger partial charge in [0.2, 0.25) is 0 Å². The van der Waals surface area contributed by atoms with Crippen molar-refractivity contribution in [3.05, 3.63) is 24.3 Å². The quantitative estimate of drug-likeness (QED) is 0.101. The van der Waals surface area contributed by atoms with Crippen LogP contribution in [0.2, 0.25) is 0 Å². The number of carbonyl (C=O) groups excluding carboxylic acids is 2. The molecule has 12 atom stereocenters. The van der Waals surface area contributed by atoms with Crippen molar-refractivity contribution in [1.29, 1.82) is 0 Å². The maximum atomic E-state index is 13.2. The van der Waals surface area contributed by atoms with E-state index in [-0.39, 0.29) is 65.1 Å². The number of hydrogen-bond donors (Lipinski definition) is 4. The van der Waals surface area contributed by atoms with Crippen molar-refractivity contribution in [2.24, 2.45) is 56.2 Å². The Bertz CT molecular complexity index is 1290. The van der Waals surface area contributed by atoms with Crippen LogP contribution < -0.4 is 0 Å². The Hall–Kier alpha value is -1.74. The molecule has 8 heteroatoms. The number of ether oxygens (including phenoxy) is 2. The Balaban J connectivity index is 1.73. The fourth-order valence-corrected chi connectivity index (χ4v) is 12.0. The van der Waals surface area contributed by atoms with Gasteiger partial charge < -0.3 is 29.9 Å². The van der Waals surface area contributed by atoms with E-state index in [1.54, 1.807) is 13.0 Å². The molecular formula is C42H70O8. The molecule has 0 spiro atoms. The number of hydrogen-bond acceptors (Lipinski definition) is 8. The van der Waals surface area contributed by atoms with Gasteiger partial charge >= 0.3 is 11.9 Å². The first-order valence-electron chi connectivity index (χ1n) is 19.5. The van der Waals surface area contributed by atoms with Crippen LogP contribution in [-0.2, 0) is 19.1 Å². The van der Waals surface area contributed by atoms with Crippen molar-refractivity contribution >= 4 is 11.9 Å². The second kappa shape index (κ2) is 14.6. The van der Waals surface area contributed by atoms with Crippen LogP contribution in [0.25, 0.3) is 0 Å². The van der Waals surface area contributed by atoms with Crippen molar-refractivity contribution in [1.82, 2.24) is 0 Å². The minimum atomic E-state index is -1.25. The Labute approximate surface area is 302 Å². The second-order valence-corrected chi connectivity index (χ2v) is 18.7. The van der Waals surface area contributed by atoms with Crippen LogP contribution >= 0.6 is 0 Å². The van der Waals surface area contributed by atoms with Gasteiger partial charge in [-0.2, -0.15) is 0 Å². The van der Waals surface area contributed by atoms with Crippen LogP contribution in [0.1, 0.15) is 133 Å². The van der Waals surface area contributed by atoms with Gasteiger partial charge in [-0.1, -0.05) is 67.5 Å². The van der Waals surface area contributed by atoms with Gasteiger partial charge in [0.15, 0.2) is 0 Å². The van der Waals surface area contributed by atoms with Gasteiger partial charge in [-0.3, -0.25) is 4.79 Å². The van der Waals surface area contributed by atoms with E-state index in [0.717, 1.165) is 25.7 Å². The molecule has 4 fully saturated rings. The Morgan fingerprint density at radius 1 is 0.860 bits per heavy atom. The number of carbonyl (C=O) groups is 2. The number of rotatable bonds is 11. The molecule has 4 rings (SSSR count). The van der Waals surface area contributed by atoms with Gasteiger partial charge in [0.05, 0.1) is 42.4 Å². The highest BCUT2D eigenvalue weighted by Crippen LogP contribution is 2.73. The predicted molar refractivity (Wildman–Crippen MR) is 196 cm³/mol. The minimum absolute atomic E-state index is 0.0989. The Morgan fingerprint density at radius 2 is 1.50 bits per heavy atom. The largest absolute Gasteiger partial charge is 0.465 e. The van der Waals surface area contributed by atoms with E-state index in [1.165, 1.54) is 0 Å². The van der Waals surface area contributed by atoms with E-state index in [2.05, 4.69) is 34.3 Å². The van der Waals surface area contributed by atoms with E-state index in [1.807, 2.05) is 40.7 Å². The van der Waals surface area contributed by atoms with Gasteiger partial charge in [-0.25, -0.2) is 4.79 Å². The molecule has 4 aliphatic rings. The maximum Gasteiger partial charge on any atom is 0.333 e. The van der Waals surface area contributed by atoms with Crippen LogP contribution in [0, 0.1) is 56.2 Å². The normalized spacial score (nSPS) is 44.5. The fourth-order valence-electron chi connectivity index (χ4n) is 12.0. The van der Waals surface area contributed by atoms with Crippen molar-refractivity contribution in [2.45, 2.75) is 158 Å². The molecule has 0 radical (unpaired) electrons. The molecule has 0 amide bonds. The van der Waals surface area contributed by atoms with E-state index in [0.29, 0.717) is 44.1 Å². The molecule has 0 saturated heterocycles. The lowest BCUT2D eigenvalue weighted by atomic mass is 9.35. The van der Waals surface area contributed by atoms with Crippen molar-refractivity contribution in [3.63, 3.8) is 0 Å². The molecule has 0 aromatic carbocycles. The summed E-state index contributed by atoms with van der Waals surface area (Å²) in [6, 6.07) is 0. The van der Waals surface area contributed by atoms with Crippen LogP contribution in [0.4, 0.5) is 0 Å².